The van der Waals surface area contributed by atoms with Gasteiger partial charge in [-0.05, 0) is 72.6 Å². The van der Waals surface area contributed by atoms with Crippen LogP contribution in [0.4, 0.5) is 5.69 Å². The van der Waals surface area contributed by atoms with Crippen LogP contribution in [-0.4, -0.2) is 62.4 Å². The molecule has 6 nitrogen and oxygen atoms in total. The zero-order valence-corrected chi connectivity index (χ0v) is 27.4. The maximum atomic E-state index is 11.5. The molecule has 5 unspecified atom stereocenters. The monoisotopic (exact) mass is 598 g/mol. The van der Waals surface area contributed by atoms with E-state index in [0.717, 1.165) is 60.8 Å². The van der Waals surface area contributed by atoms with Gasteiger partial charge in [0.25, 0.3) is 0 Å². The van der Waals surface area contributed by atoms with Crippen molar-refractivity contribution >= 4 is 23.2 Å². The van der Waals surface area contributed by atoms with E-state index in [1.165, 1.54) is 11.1 Å². The topological polar surface area (TPSA) is 62.2 Å². The van der Waals surface area contributed by atoms with Gasteiger partial charge in [0.05, 0.1) is 24.5 Å². The second-order valence-electron chi connectivity index (χ2n) is 11.8. The average molecular weight is 599 g/mol. The number of nitrogens with zero attached hydrogens (tertiary/aromatic N) is 2. The van der Waals surface area contributed by atoms with Gasteiger partial charge in [-0.3, -0.25) is 4.79 Å². The van der Waals surface area contributed by atoms with Gasteiger partial charge in [0.1, 0.15) is 5.75 Å². The van der Waals surface area contributed by atoms with Crippen LogP contribution in [0.5, 0.6) is 5.75 Å². The SMILES string of the molecule is CCCc1cc(Cl)ccc1C1COc2ccc(C(C)O)cc2N(CC(C)C(CC)C(C/C=C\CN(C)C(C)=O)OC)C1. The molecule has 1 heterocycles. The van der Waals surface area contributed by atoms with Gasteiger partial charge >= 0.3 is 0 Å². The highest BCUT2D eigenvalue weighted by molar-refractivity contribution is 6.30. The smallest absolute Gasteiger partial charge is 0.219 e. The predicted octanol–water partition coefficient (Wildman–Crippen LogP) is 7.43. The van der Waals surface area contributed by atoms with E-state index in [9.17, 15) is 9.90 Å². The number of rotatable bonds is 14. The molecular formula is C35H51ClN2O4. The van der Waals surface area contributed by atoms with Crippen LogP contribution in [0.25, 0.3) is 0 Å². The molecule has 42 heavy (non-hydrogen) atoms. The van der Waals surface area contributed by atoms with Crippen LogP contribution in [0, 0.1) is 11.8 Å². The highest BCUT2D eigenvalue weighted by Gasteiger charge is 2.31. The molecule has 0 bridgehead atoms. The maximum Gasteiger partial charge on any atom is 0.219 e. The number of aliphatic hydroxyl groups is 1. The first kappa shape index (κ1) is 34.0. The van der Waals surface area contributed by atoms with Crippen molar-refractivity contribution in [3.63, 3.8) is 0 Å². The van der Waals surface area contributed by atoms with E-state index < -0.39 is 6.10 Å². The van der Waals surface area contributed by atoms with E-state index in [0.29, 0.717) is 25.0 Å². The van der Waals surface area contributed by atoms with Crippen molar-refractivity contribution in [2.75, 3.05) is 45.3 Å². The second-order valence-corrected chi connectivity index (χ2v) is 12.3. The van der Waals surface area contributed by atoms with Crippen molar-refractivity contribution in [2.45, 2.75) is 78.4 Å². The predicted molar refractivity (Wildman–Crippen MR) is 174 cm³/mol. The number of hydrogen-bond donors (Lipinski definition) is 1. The highest BCUT2D eigenvalue weighted by Crippen LogP contribution is 2.39. The molecule has 1 N–H and O–H groups in total. The molecule has 0 spiro atoms. The van der Waals surface area contributed by atoms with Crippen LogP contribution in [-0.2, 0) is 16.0 Å². The lowest BCUT2D eigenvalue weighted by atomic mass is 9.84. The van der Waals surface area contributed by atoms with E-state index in [4.69, 9.17) is 21.1 Å². The summed E-state index contributed by atoms with van der Waals surface area (Å²) in [6, 6.07) is 12.3. The van der Waals surface area contributed by atoms with E-state index in [2.05, 4.69) is 56.0 Å². The molecule has 2 aromatic carbocycles. The number of benzene rings is 2. The Kier molecular flexibility index (Phi) is 13.2. The molecule has 1 aliphatic heterocycles. The summed E-state index contributed by atoms with van der Waals surface area (Å²) < 4.78 is 12.5. The lowest BCUT2D eigenvalue weighted by Crippen LogP contribution is -2.38. The number of carbonyl (C=O) groups excluding carboxylic acids is 1. The maximum absolute atomic E-state index is 11.5. The third kappa shape index (κ3) is 8.98. The summed E-state index contributed by atoms with van der Waals surface area (Å²) in [5.74, 6) is 1.76. The number of aryl methyl sites for hydroxylation is 1. The number of hydrogen-bond acceptors (Lipinski definition) is 5. The number of halogens is 1. The minimum Gasteiger partial charge on any atom is -0.491 e. The van der Waals surface area contributed by atoms with Crippen LogP contribution in [0.1, 0.15) is 82.6 Å². The average Bonchev–Trinajstić information content (AvgIpc) is 3.13. The zero-order chi connectivity index (χ0) is 30.8. The molecule has 2 aromatic rings. The van der Waals surface area contributed by atoms with Crippen molar-refractivity contribution in [1.29, 1.82) is 0 Å². The minimum absolute atomic E-state index is 0.0576. The molecule has 0 saturated heterocycles. The fourth-order valence-electron chi connectivity index (χ4n) is 6.14. The van der Waals surface area contributed by atoms with Crippen molar-refractivity contribution in [3.8, 4) is 5.75 Å². The van der Waals surface area contributed by atoms with Gasteiger partial charge in [-0.1, -0.05) is 69.5 Å². The van der Waals surface area contributed by atoms with Gasteiger partial charge in [0.15, 0.2) is 0 Å². The van der Waals surface area contributed by atoms with E-state index in [1.54, 1.807) is 25.9 Å². The normalized spacial score (nSPS) is 18.1. The number of amides is 1. The summed E-state index contributed by atoms with van der Waals surface area (Å²) >= 11 is 6.41. The van der Waals surface area contributed by atoms with Gasteiger partial charge in [-0.15, -0.1) is 0 Å². The molecule has 0 aromatic heterocycles. The lowest BCUT2D eigenvalue weighted by molar-refractivity contribution is -0.127. The molecule has 0 aliphatic carbocycles. The summed E-state index contributed by atoms with van der Waals surface area (Å²) in [7, 11) is 3.61. The molecule has 1 aliphatic rings. The van der Waals surface area contributed by atoms with Gasteiger partial charge in [0.2, 0.25) is 5.91 Å². The first-order valence-corrected chi connectivity index (χ1v) is 15.8. The fourth-order valence-corrected chi connectivity index (χ4v) is 6.34. The Hall–Kier alpha value is -2.54. The number of anilines is 1. The zero-order valence-electron chi connectivity index (χ0n) is 26.6. The first-order valence-electron chi connectivity index (χ1n) is 15.5. The van der Waals surface area contributed by atoms with Crippen molar-refractivity contribution in [1.82, 2.24) is 4.90 Å². The Balaban J connectivity index is 1.89. The van der Waals surface area contributed by atoms with E-state index in [-0.39, 0.29) is 17.9 Å². The molecule has 5 atom stereocenters. The van der Waals surface area contributed by atoms with Crippen molar-refractivity contribution in [2.24, 2.45) is 11.8 Å². The van der Waals surface area contributed by atoms with Crippen LogP contribution in [0.3, 0.4) is 0 Å². The third-order valence-electron chi connectivity index (χ3n) is 8.69. The third-order valence-corrected chi connectivity index (χ3v) is 8.93. The Bertz CT molecular complexity index is 1180. The number of ether oxygens (including phenoxy) is 2. The van der Waals surface area contributed by atoms with Gasteiger partial charge in [0, 0.05) is 51.7 Å². The molecule has 0 radical (unpaired) electrons. The van der Waals surface area contributed by atoms with Crippen LogP contribution >= 0.6 is 11.6 Å². The van der Waals surface area contributed by atoms with E-state index in [1.807, 2.05) is 25.2 Å². The molecule has 7 heteroatoms. The fraction of sp³-hybridized carbons (Fsp3) is 0.571. The molecule has 3 rings (SSSR count). The van der Waals surface area contributed by atoms with Gasteiger partial charge < -0.3 is 24.4 Å². The number of carbonyl (C=O) groups is 1. The summed E-state index contributed by atoms with van der Waals surface area (Å²) in [6.45, 7) is 13.0. The standard InChI is InChI=1S/C35H51ClN2O4/c1-8-12-28-19-30(36)15-16-32(28)29-22-38(33-20-27(25(4)39)14-17-35(33)42-23-29)21-24(3)31(9-2)34(41-7)13-10-11-18-37(6)26(5)40/h10-11,14-17,19-20,24-25,29,31,34,39H,8-9,12-13,18,21-23H2,1-7H3/b11-10-. The Morgan fingerprint density at radius 2 is 1.98 bits per heavy atom. The molecular weight excluding hydrogens is 548 g/mol. The number of methoxy groups -OCH3 is 1. The quantitative estimate of drug-likeness (QED) is 0.229. The first-order chi connectivity index (χ1) is 20.1. The second kappa shape index (κ2) is 16.3. The van der Waals surface area contributed by atoms with Gasteiger partial charge in [-0.2, -0.15) is 0 Å². The summed E-state index contributed by atoms with van der Waals surface area (Å²) in [6.07, 6.45) is 7.52. The highest BCUT2D eigenvalue weighted by atomic mass is 35.5. The summed E-state index contributed by atoms with van der Waals surface area (Å²) in [5.41, 5.74) is 4.50. The molecule has 0 saturated carbocycles. The van der Waals surface area contributed by atoms with Crippen molar-refractivity contribution < 1.29 is 19.4 Å². The Morgan fingerprint density at radius 1 is 1.21 bits per heavy atom. The van der Waals surface area contributed by atoms with Crippen LogP contribution in [0.2, 0.25) is 5.02 Å². The van der Waals surface area contributed by atoms with Gasteiger partial charge in [-0.25, -0.2) is 0 Å². The Morgan fingerprint density at radius 3 is 2.62 bits per heavy atom. The molecule has 1 amide bonds. The Labute approximate surface area is 258 Å². The number of likely N-dealkylation sites (N-methyl/N-ethyl adjacent to an activating group) is 1. The number of fused-ring (bicyclic) bond motifs is 1. The van der Waals surface area contributed by atoms with E-state index >= 15 is 0 Å². The van der Waals surface area contributed by atoms with Crippen molar-refractivity contribution in [3.05, 3.63) is 70.3 Å². The largest absolute Gasteiger partial charge is 0.491 e. The molecule has 232 valence electrons. The van der Waals surface area contributed by atoms with Crippen LogP contribution in [0.15, 0.2) is 48.6 Å². The molecule has 0 fully saturated rings. The summed E-state index contributed by atoms with van der Waals surface area (Å²) in [5, 5.41) is 11.2. The number of aliphatic hydroxyl groups excluding tert-OH is 1. The van der Waals surface area contributed by atoms with Crippen LogP contribution < -0.4 is 9.64 Å². The summed E-state index contributed by atoms with van der Waals surface area (Å²) in [4.78, 5) is 15.7. The lowest BCUT2D eigenvalue weighted by Gasteiger charge is -2.35. The minimum atomic E-state index is -0.559.